The zero-order chi connectivity index (χ0) is 19.4. The molecule has 0 atom stereocenters. The van der Waals surface area contributed by atoms with Crippen molar-refractivity contribution in [1.29, 1.82) is 0 Å². The minimum absolute atomic E-state index is 0.0487. The van der Waals surface area contributed by atoms with Gasteiger partial charge < -0.3 is 15.0 Å². The third kappa shape index (κ3) is 4.28. The molecule has 0 aliphatic carbocycles. The molecule has 2 aromatic rings. The minimum Gasteiger partial charge on any atom is -0.465 e. The number of nitro benzene ring substituents is 1. The second-order valence-electron chi connectivity index (χ2n) is 5.53. The average Bonchev–Trinajstić information content (AvgIpc) is 2.60. The minimum atomic E-state index is -0.777. The molecule has 0 radical (unpaired) electrons. The van der Waals surface area contributed by atoms with Crippen LogP contribution in [0.3, 0.4) is 0 Å². The lowest BCUT2D eigenvalue weighted by Gasteiger charge is -2.15. The summed E-state index contributed by atoms with van der Waals surface area (Å²) in [6.07, 6.45) is 0. The fourth-order valence-corrected chi connectivity index (χ4v) is 2.58. The van der Waals surface area contributed by atoms with Gasteiger partial charge in [-0.3, -0.25) is 14.9 Å². The Morgan fingerprint density at radius 1 is 1.15 bits per heavy atom. The van der Waals surface area contributed by atoms with E-state index in [0.717, 1.165) is 24.9 Å². The van der Waals surface area contributed by atoms with Gasteiger partial charge in [-0.05, 0) is 24.3 Å². The van der Waals surface area contributed by atoms with E-state index in [0.29, 0.717) is 10.7 Å². The van der Waals surface area contributed by atoms with Gasteiger partial charge in [-0.15, -0.1) is 0 Å². The van der Waals surface area contributed by atoms with E-state index in [4.69, 9.17) is 11.6 Å². The summed E-state index contributed by atoms with van der Waals surface area (Å²) in [5.41, 5.74) is 0.656. The first kappa shape index (κ1) is 19.2. The monoisotopic (exact) mass is 377 g/mol. The number of anilines is 2. The molecule has 0 aromatic heterocycles. The van der Waals surface area contributed by atoms with Crippen LogP contribution in [0.2, 0.25) is 5.02 Å². The number of esters is 1. The number of halogens is 1. The number of non-ortho nitro benzene ring substituents is 1. The van der Waals surface area contributed by atoms with E-state index in [1.54, 1.807) is 18.2 Å². The number of rotatable bonds is 5. The Balaban J connectivity index is 2.34. The largest absolute Gasteiger partial charge is 0.465 e. The molecule has 1 N–H and O–H groups in total. The smallest absolute Gasteiger partial charge is 0.338 e. The molecule has 0 spiro atoms. The van der Waals surface area contributed by atoms with Crippen LogP contribution in [0.25, 0.3) is 0 Å². The van der Waals surface area contributed by atoms with Gasteiger partial charge in [0.15, 0.2) is 0 Å². The molecule has 0 fully saturated rings. The second-order valence-corrected chi connectivity index (χ2v) is 5.94. The molecule has 136 valence electrons. The Bertz CT molecular complexity index is 883. The second kappa shape index (κ2) is 7.83. The number of benzene rings is 2. The number of ether oxygens (including phenoxy) is 1. The van der Waals surface area contributed by atoms with E-state index in [9.17, 15) is 19.7 Å². The molecule has 2 rings (SSSR count). The number of nitro groups is 1. The first-order valence-electron chi connectivity index (χ1n) is 7.39. The van der Waals surface area contributed by atoms with E-state index in [1.165, 1.54) is 6.07 Å². The molecule has 8 nitrogen and oxygen atoms in total. The Morgan fingerprint density at radius 3 is 2.35 bits per heavy atom. The fraction of sp³-hybridized carbons (Fsp3) is 0.176. The Morgan fingerprint density at radius 2 is 1.81 bits per heavy atom. The van der Waals surface area contributed by atoms with Crippen LogP contribution >= 0.6 is 11.6 Å². The van der Waals surface area contributed by atoms with Crippen LogP contribution in [-0.4, -0.2) is 38.0 Å². The van der Waals surface area contributed by atoms with Crippen LogP contribution in [0, 0.1) is 10.1 Å². The lowest BCUT2D eigenvalue weighted by molar-refractivity contribution is -0.384. The van der Waals surface area contributed by atoms with Crippen molar-refractivity contribution >= 4 is 40.5 Å². The molecule has 0 aliphatic rings. The van der Waals surface area contributed by atoms with Gasteiger partial charge in [-0.25, -0.2) is 4.79 Å². The highest BCUT2D eigenvalue weighted by Gasteiger charge is 2.18. The summed E-state index contributed by atoms with van der Waals surface area (Å²) < 4.78 is 4.56. The highest BCUT2D eigenvalue weighted by Crippen LogP contribution is 2.28. The molecule has 0 aliphatic heterocycles. The van der Waals surface area contributed by atoms with Crippen LogP contribution in [0.5, 0.6) is 0 Å². The summed E-state index contributed by atoms with van der Waals surface area (Å²) in [6, 6.07) is 8.29. The standard InChI is InChI=1S/C17H16ClN3O5/c1-20(2)15-5-4-12(9-14(15)18)19-16(22)10-6-11(17(23)26-3)8-13(7-10)21(24)25/h4-9H,1-3H3,(H,19,22). The van der Waals surface area contributed by atoms with Gasteiger partial charge in [0.1, 0.15) is 0 Å². The third-order valence-electron chi connectivity index (χ3n) is 3.50. The SMILES string of the molecule is COC(=O)c1cc(C(=O)Nc2ccc(N(C)C)c(Cl)c2)cc([N+](=O)[O-])c1. The van der Waals surface area contributed by atoms with Crippen molar-refractivity contribution in [1.82, 2.24) is 0 Å². The van der Waals surface area contributed by atoms with Crippen molar-refractivity contribution in [3.8, 4) is 0 Å². The molecular weight excluding hydrogens is 362 g/mol. The fourth-order valence-electron chi connectivity index (χ4n) is 2.23. The zero-order valence-electron chi connectivity index (χ0n) is 14.3. The first-order valence-corrected chi connectivity index (χ1v) is 7.76. The molecule has 9 heteroatoms. The number of hydrogen-bond donors (Lipinski definition) is 1. The van der Waals surface area contributed by atoms with Crippen molar-refractivity contribution in [3.63, 3.8) is 0 Å². The molecular formula is C17H16ClN3O5. The summed E-state index contributed by atoms with van der Waals surface area (Å²) in [4.78, 5) is 36.3. The Kier molecular flexibility index (Phi) is 5.78. The third-order valence-corrected chi connectivity index (χ3v) is 3.80. The van der Waals surface area contributed by atoms with Gasteiger partial charge in [0.05, 0.1) is 28.3 Å². The van der Waals surface area contributed by atoms with Gasteiger partial charge in [-0.1, -0.05) is 11.6 Å². The van der Waals surface area contributed by atoms with E-state index in [2.05, 4.69) is 10.1 Å². The van der Waals surface area contributed by atoms with Crippen molar-refractivity contribution in [3.05, 3.63) is 62.7 Å². The number of amides is 1. The topological polar surface area (TPSA) is 102 Å². The molecule has 0 saturated heterocycles. The summed E-state index contributed by atoms with van der Waals surface area (Å²) in [5.74, 6) is -1.39. The van der Waals surface area contributed by atoms with Gasteiger partial charge >= 0.3 is 5.97 Å². The Hall–Kier alpha value is -3.13. The molecule has 0 heterocycles. The van der Waals surface area contributed by atoms with E-state index in [-0.39, 0.29) is 16.8 Å². The van der Waals surface area contributed by atoms with E-state index in [1.807, 2.05) is 19.0 Å². The highest BCUT2D eigenvalue weighted by atomic mass is 35.5. The van der Waals surface area contributed by atoms with Gasteiger partial charge in [-0.2, -0.15) is 0 Å². The molecule has 1 amide bonds. The number of nitrogens with one attached hydrogen (secondary N) is 1. The summed E-state index contributed by atoms with van der Waals surface area (Å²) >= 11 is 6.16. The summed E-state index contributed by atoms with van der Waals surface area (Å²) in [7, 11) is 4.81. The number of nitrogens with zero attached hydrogens (tertiary/aromatic N) is 2. The maximum Gasteiger partial charge on any atom is 0.338 e. The number of carbonyl (C=O) groups is 2. The summed E-state index contributed by atoms with van der Waals surface area (Å²) in [5, 5.41) is 14.1. The number of carbonyl (C=O) groups excluding carboxylic acids is 2. The summed E-state index contributed by atoms with van der Waals surface area (Å²) in [6.45, 7) is 0. The van der Waals surface area contributed by atoms with Crippen molar-refractivity contribution < 1.29 is 19.2 Å². The van der Waals surface area contributed by atoms with Crippen molar-refractivity contribution in [2.24, 2.45) is 0 Å². The van der Waals surface area contributed by atoms with Crippen LogP contribution in [0.4, 0.5) is 17.1 Å². The highest BCUT2D eigenvalue weighted by molar-refractivity contribution is 6.33. The van der Waals surface area contributed by atoms with E-state index < -0.39 is 16.8 Å². The predicted molar refractivity (Wildman–Crippen MR) is 98.2 cm³/mol. The predicted octanol–water partition coefficient (Wildman–Crippen LogP) is 3.35. The van der Waals surface area contributed by atoms with Crippen LogP contribution in [0.1, 0.15) is 20.7 Å². The lowest BCUT2D eigenvalue weighted by atomic mass is 10.1. The number of methoxy groups -OCH3 is 1. The lowest BCUT2D eigenvalue weighted by Crippen LogP contribution is -2.14. The van der Waals surface area contributed by atoms with Crippen LogP contribution in [0.15, 0.2) is 36.4 Å². The maximum absolute atomic E-state index is 12.4. The Labute approximate surface area is 154 Å². The molecule has 2 aromatic carbocycles. The van der Waals surface area contributed by atoms with Crippen LogP contribution in [-0.2, 0) is 4.74 Å². The van der Waals surface area contributed by atoms with Crippen molar-refractivity contribution in [2.75, 3.05) is 31.4 Å². The zero-order valence-corrected chi connectivity index (χ0v) is 15.0. The molecule has 0 bridgehead atoms. The first-order chi connectivity index (χ1) is 12.2. The van der Waals surface area contributed by atoms with E-state index >= 15 is 0 Å². The maximum atomic E-state index is 12.4. The van der Waals surface area contributed by atoms with Gasteiger partial charge in [0.25, 0.3) is 11.6 Å². The normalized spacial score (nSPS) is 10.2. The molecule has 26 heavy (non-hydrogen) atoms. The van der Waals surface area contributed by atoms with Gasteiger partial charge in [0, 0.05) is 37.5 Å². The average molecular weight is 378 g/mol. The molecule has 0 saturated carbocycles. The van der Waals surface area contributed by atoms with Crippen LogP contribution < -0.4 is 10.2 Å². The van der Waals surface area contributed by atoms with Crippen molar-refractivity contribution in [2.45, 2.75) is 0 Å². The quantitative estimate of drug-likeness (QED) is 0.487. The number of hydrogen-bond acceptors (Lipinski definition) is 6. The molecule has 0 unspecified atom stereocenters. The van der Waals surface area contributed by atoms with Gasteiger partial charge in [0.2, 0.25) is 0 Å².